The molecular formula is C15H21N5O. The maximum atomic E-state index is 11.8. The molecule has 0 aliphatic carbocycles. The predicted molar refractivity (Wildman–Crippen MR) is 80.4 cm³/mol. The summed E-state index contributed by atoms with van der Waals surface area (Å²) in [6, 6.07) is 9.59. The van der Waals surface area contributed by atoms with Gasteiger partial charge >= 0.3 is 0 Å². The summed E-state index contributed by atoms with van der Waals surface area (Å²) in [7, 11) is 0. The molecule has 6 heteroatoms. The van der Waals surface area contributed by atoms with E-state index in [1.54, 1.807) is 0 Å². The van der Waals surface area contributed by atoms with Crippen LogP contribution in [0.5, 0.6) is 0 Å². The van der Waals surface area contributed by atoms with Crippen LogP contribution in [0.3, 0.4) is 0 Å². The Morgan fingerprint density at radius 1 is 1.19 bits per heavy atom. The van der Waals surface area contributed by atoms with Gasteiger partial charge in [-0.2, -0.15) is 4.80 Å². The van der Waals surface area contributed by atoms with E-state index < -0.39 is 0 Å². The van der Waals surface area contributed by atoms with Crippen LogP contribution in [0.15, 0.2) is 30.3 Å². The highest BCUT2D eigenvalue weighted by Gasteiger charge is 2.08. The Balaban J connectivity index is 1.78. The van der Waals surface area contributed by atoms with E-state index in [2.05, 4.69) is 27.7 Å². The van der Waals surface area contributed by atoms with Crippen molar-refractivity contribution < 1.29 is 4.79 Å². The van der Waals surface area contributed by atoms with Crippen molar-refractivity contribution >= 4 is 5.91 Å². The van der Waals surface area contributed by atoms with Gasteiger partial charge in [-0.05, 0) is 11.6 Å². The first-order valence-electron chi connectivity index (χ1n) is 7.39. The minimum Gasteiger partial charge on any atom is -0.354 e. The standard InChI is InChI=1S/C15H21N5O/c1-2-3-4-8-11-16-14(21)12-20-18-15(17-19-20)13-9-6-5-7-10-13/h5-7,9-10H,2-4,8,11-12H2,1H3,(H,16,21). The summed E-state index contributed by atoms with van der Waals surface area (Å²) in [5.74, 6) is 0.454. The van der Waals surface area contributed by atoms with Crippen LogP contribution in [0.2, 0.25) is 0 Å². The molecule has 0 spiro atoms. The lowest BCUT2D eigenvalue weighted by atomic mass is 10.2. The zero-order chi connectivity index (χ0) is 14.9. The van der Waals surface area contributed by atoms with Gasteiger partial charge in [-0.25, -0.2) is 0 Å². The van der Waals surface area contributed by atoms with Gasteiger partial charge in [-0.1, -0.05) is 56.5 Å². The van der Waals surface area contributed by atoms with Gasteiger partial charge in [0.25, 0.3) is 0 Å². The Morgan fingerprint density at radius 3 is 2.76 bits per heavy atom. The summed E-state index contributed by atoms with van der Waals surface area (Å²) in [5.41, 5.74) is 0.892. The Hall–Kier alpha value is -2.24. The van der Waals surface area contributed by atoms with Crippen LogP contribution in [0.4, 0.5) is 0 Å². The quantitative estimate of drug-likeness (QED) is 0.754. The number of nitrogens with zero attached hydrogens (tertiary/aromatic N) is 4. The molecule has 1 aromatic carbocycles. The maximum absolute atomic E-state index is 11.8. The molecule has 0 saturated heterocycles. The third-order valence-electron chi connectivity index (χ3n) is 3.12. The van der Waals surface area contributed by atoms with Crippen LogP contribution in [-0.4, -0.2) is 32.7 Å². The molecule has 0 radical (unpaired) electrons. The molecular weight excluding hydrogens is 266 g/mol. The molecule has 21 heavy (non-hydrogen) atoms. The second-order valence-corrected chi connectivity index (χ2v) is 4.92. The van der Waals surface area contributed by atoms with Gasteiger partial charge in [0.2, 0.25) is 11.7 Å². The average molecular weight is 287 g/mol. The third kappa shape index (κ3) is 4.98. The highest BCUT2D eigenvalue weighted by molar-refractivity contribution is 5.75. The number of tetrazole rings is 1. The van der Waals surface area contributed by atoms with E-state index in [9.17, 15) is 4.79 Å². The molecule has 0 aliphatic rings. The smallest absolute Gasteiger partial charge is 0.243 e. The van der Waals surface area contributed by atoms with Gasteiger partial charge in [-0.3, -0.25) is 4.79 Å². The van der Waals surface area contributed by atoms with Crippen LogP contribution in [0.1, 0.15) is 32.6 Å². The van der Waals surface area contributed by atoms with Crippen LogP contribution in [0, 0.1) is 0 Å². The molecule has 0 unspecified atom stereocenters. The molecule has 0 saturated carbocycles. The van der Waals surface area contributed by atoms with Crippen molar-refractivity contribution in [1.82, 2.24) is 25.5 Å². The first kappa shape index (κ1) is 15.2. The molecule has 2 aromatic rings. The van der Waals surface area contributed by atoms with Crippen molar-refractivity contribution in [2.75, 3.05) is 6.54 Å². The minimum atomic E-state index is -0.0801. The SMILES string of the molecule is CCCCCCNC(=O)Cn1nnc(-c2ccccc2)n1. The molecule has 6 nitrogen and oxygen atoms in total. The van der Waals surface area contributed by atoms with E-state index in [4.69, 9.17) is 0 Å². The monoisotopic (exact) mass is 287 g/mol. The highest BCUT2D eigenvalue weighted by Crippen LogP contribution is 2.11. The normalized spacial score (nSPS) is 10.5. The average Bonchev–Trinajstić information content (AvgIpc) is 2.96. The Morgan fingerprint density at radius 2 is 2.00 bits per heavy atom. The van der Waals surface area contributed by atoms with Crippen molar-refractivity contribution in [2.24, 2.45) is 0 Å². The second-order valence-electron chi connectivity index (χ2n) is 4.92. The number of hydrogen-bond acceptors (Lipinski definition) is 4. The van der Waals surface area contributed by atoms with Crippen molar-refractivity contribution in [1.29, 1.82) is 0 Å². The topological polar surface area (TPSA) is 72.7 Å². The van der Waals surface area contributed by atoms with Gasteiger partial charge < -0.3 is 5.32 Å². The predicted octanol–water partition coefficient (Wildman–Crippen LogP) is 2.04. The van der Waals surface area contributed by atoms with Crippen molar-refractivity contribution in [3.63, 3.8) is 0 Å². The number of nitrogens with one attached hydrogen (secondary N) is 1. The van der Waals surface area contributed by atoms with Crippen molar-refractivity contribution in [2.45, 2.75) is 39.2 Å². The summed E-state index contributed by atoms with van der Waals surface area (Å²) in [6.07, 6.45) is 4.57. The summed E-state index contributed by atoms with van der Waals surface area (Å²) >= 11 is 0. The second kappa shape index (κ2) is 8.14. The summed E-state index contributed by atoms with van der Waals surface area (Å²) < 4.78 is 0. The number of benzene rings is 1. The number of carbonyl (C=O) groups excluding carboxylic acids is 1. The summed E-state index contributed by atoms with van der Waals surface area (Å²) in [5, 5.41) is 15.0. The number of rotatable bonds is 8. The molecule has 112 valence electrons. The number of aromatic nitrogens is 4. The van der Waals surface area contributed by atoms with E-state index in [0.717, 1.165) is 18.4 Å². The molecule has 0 atom stereocenters. The Kier molecular flexibility index (Phi) is 5.87. The summed E-state index contributed by atoms with van der Waals surface area (Å²) in [4.78, 5) is 13.1. The van der Waals surface area contributed by atoms with E-state index in [-0.39, 0.29) is 12.5 Å². The van der Waals surface area contributed by atoms with Gasteiger partial charge in [0.15, 0.2) is 0 Å². The van der Waals surface area contributed by atoms with Crippen LogP contribution in [-0.2, 0) is 11.3 Å². The molecule has 1 amide bonds. The minimum absolute atomic E-state index is 0.0801. The Labute approximate surface area is 124 Å². The highest BCUT2D eigenvalue weighted by atomic mass is 16.2. The lowest BCUT2D eigenvalue weighted by Crippen LogP contribution is -2.29. The molecule has 2 rings (SSSR count). The van der Waals surface area contributed by atoms with Crippen LogP contribution >= 0.6 is 0 Å². The van der Waals surface area contributed by atoms with Gasteiger partial charge in [0.1, 0.15) is 6.54 Å². The van der Waals surface area contributed by atoms with E-state index in [0.29, 0.717) is 12.4 Å². The van der Waals surface area contributed by atoms with Crippen LogP contribution < -0.4 is 5.32 Å². The fraction of sp³-hybridized carbons (Fsp3) is 0.467. The molecule has 0 fully saturated rings. The van der Waals surface area contributed by atoms with E-state index >= 15 is 0 Å². The molecule has 1 N–H and O–H groups in total. The van der Waals surface area contributed by atoms with Crippen molar-refractivity contribution in [3.05, 3.63) is 30.3 Å². The first-order valence-corrected chi connectivity index (χ1v) is 7.39. The largest absolute Gasteiger partial charge is 0.354 e. The van der Waals surface area contributed by atoms with Crippen LogP contribution in [0.25, 0.3) is 11.4 Å². The van der Waals surface area contributed by atoms with Gasteiger partial charge in [0, 0.05) is 12.1 Å². The Bertz CT molecular complexity index is 552. The lowest BCUT2D eigenvalue weighted by molar-refractivity contribution is -0.122. The molecule has 0 aliphatic heterocycles. The van der Waals surface area contributed by atoms with E-state index in [1.165, 1.54) is 17.6 Å². The number of carbonyl (C=O) groups is 1. The van der Waals surface area contributed by atoms with Gasteiger partial charge in [-0.15, -0.1) is 10.2 Å². The number of amides is 1. The third-order valence-corrected chi connectivity index (χ3v) is 3.12. The number of hydrogen-bond donors (Lipinski definition) is 1. The van der Waals surface area contributed by atoms with E-state index in [1.807, 2.05) is 30.3 Å². The van der Waals surface area contributed by atoms with Crippen molar-refractivity contribution in [3.8, 4) is 11.4 Å². The maximum Gasteiger partial charge on any atom is 0.243 e. The van der Waals surface area contributed by atoms with Gasteiger partial charge in [0.05, 0.1) is 0 Å². The lowest BCUT2D eigenvalue weighted by Gasteiger charge is -2.03. The number of unbranched alkanes of at least 4 members (excludes halogenated alkanes) is 3. The summed E-state index contributed by atoms with van der Waals surface area (Å²) in [6.45, 7) is 2.98. The fourth-order valence-corrected chi connectivity index (χ4v) is 1.98. The first-order chi connectivity index (χ1) is 10.3. The zero-order valence-electron chi connectivity index (χ0n) is 12.3. The molecule has 0 bridgehead atoms. The zero-order valence-corrected chi connectivity index (χ0v) is 12.3. The molecule has 1 aromatic heterocycles. The molecule has 1 heterocycles. The fourth-order valence-electron chi connectivity index (χ4n) is 1.98.